The number of fused-ring (bicyclic) bond motifs is 2. The molecule has 2 heterocycles. The van der Waals surface area contributed by atoms with Crippen LogP contribution in [0.4, 0.5) is 0 Å². The Morgan fingerprint density at radius 3 is 2.37 bits per heavy atom. The number of nitrogens with zero attached hydrogens (tertiary/aromatic N) is 1. The highest BCUT2D eigenvalue weighted by Crippen LogP contribution is 2.39. The molecule has 0 amide bonds. The Bertz CT molecular complexity index is 389. The molecule has 1 aromatic carbocycles. The molecule has 19 heavy (non-hydrogen) atoms. The first-order valence-corrected chi connectivity index (χ1v) is 7.71. The Morgan fingerprint density at radius 2 is 1.79 bits per heavy atom. The minimum atomic E-state index is 0.638. The summed E-state index contributed by atoms with van der Waals surface area (Å²) in [4.78, 5) is 2.63. The van der Waals surface area contributed by atoms with Gasteiger partial charge in [-0.15, -0.1) is 0 Å². The molecule has 0 spiro atoms. The summed E-state index contributed by atoms with van der Waals surface area (Å²) in [5.74, 6) is 0.846. The number of likely N-dealkylation sites (N-methyl/N-ethyl adjacent to an activating group) is 1. The lowest BCUT2D eigenvalue weighted by atomic mass is 9.82. The highest BCUT2D eigenvalue weighted by Gasteiger charge is 2.40. The van der Waals surface area contributed by atoms with Crippen LogP contribution in [-0.2, 0) is 6.42 Å². The molecule has 3 atom stereocenters. The molecule has 2 fully saturated rings. The van der Waals surface area contributed by atoms with E-state index >= 15 is 0 Å². The fourth-order valence-corrected chi connectivity index (χ4v) is 4.15. The van der Waals surface area contributed by atoms with Crippen LogP contribution in [-0.4, -0.2) is 37.1 Å². The molecule has 2 aliphatic rings. The summed E-state index contributed by atoms with van der Waals surface area (Å²) in [6.45, 7) is 0. The van der Waals surface area contributed by atoms with E-state index in [1.807, 2.05) is 0 Å². The molecule has 3 rings (SSSR count). The number of benzene rings is 1. The molecule has 2 saturated heterocycles. The Labute approximate surface area is 117 Å². The lowest BCUT2D eigenvalue weighted by Gasteiger charge is -2.40. The maximum Gasteiger partial charge on any atom is 0.0134 e. The average Bonchev–Trinajstić information content (AvgIpc) is 2.68. The third kappa shape index (κ3) is 2.70. The molecule has 2 aliphatic heterocycles. The van der Waals surface area contributed by atoms with Gasteiger partial charge < -0.3 is 10.2 Å². The summed E-state index contributed by atoms with van der Waals surface area (Å²) < 4.78 is 0. The van der Waals surface area contributed by atoms with Crippen molar-refractivity contribution in [2.75, 3.05) is 14.1 Å². The second-order valence-electron chi connectivity index (χ2n) is 6.37. The van der Waals surface area contributed by atoms with E-state index in [2.05, 4.69) is 54.6 Å². The third-order valence-electron chi connectivity index (χ3n) is 5.37. The van der Waals surface area contributed by atoms with Gasteiger partial charge in [-0.1, -0.05) is 30.3 Å². The Morgan fingerprint density at radius 1 is 1.16 bits per heavy atom. The van der Waals surface area contributed by atoms with Gasteiger partial charge in [0.2, 0.25) is 0 Å². The van der Waals surface area contributed by atoms with Gasteiger partial charge >= 0.3 is 0 Å². The maximum absolute atomic E-state index is 3.59. The van der Waals surface area contributed by atoms with Gasteiger partial charge in [-0.25, -0.2) is 0 Å². The first-order valence-electron chi connectivity index (χ1n) is 7.71. The summed E-state index contributed by atoms with van der Waals surface area (Å²) in [7, 11) is 4.46. The molecule has 2 bridgehead atoms. The minimum absolute atomic E-state index is 0.638. The van der Waals surface area contributed by atoms with E-state index in [4.69, 9.17) is 0 Å². The summed E-state index contributed by atoms with van der Waals surface area (Å²) in [6.07, 6.45) is 6.76. The summed E-state index contributed by atoms with van der Waals surface area (Å²) in [6, 6.07) is 13.3. The predicted octanol–water partition coefficient (Wildman–Crippen LogP) is 2.69. The first-order chi connectivity index (χ1) is 9.28. The Hall–Kier alpha value is -0.860. The molecule has 3 unspecified atom stereocenters. The molecule has 1 aromatic rings. The van der Waals surface area contributed by atoms with E-state index in [9.17, 15) is 0 Å². The largest absolute Gasteiger partial charge is 0.316 e. The predicted molar refractivity (Wildman–Crippen MR) is 80.3 cm³/mol. The monoisotopic (exact) mass is 258 g/mol. The van der Waals surface area contributed by atoms with E-state index in [0.717, 1.165) is 18.0 Å². The zero-order valence-corrected chi connectivity index (χ0v) is 12.2. The fraction of sp³-hybridized carbons (Fsp3) is 0.647. The number of rotatable bonds is 4. The third-order valence-corrected chi connectivity index (χ3v) is 5.37. The molecule has 1 N–H and O–H groups in total. The van der Waals surface area contributed by atoms with E-state index in [1.54, 1.807) is 0 Å². The fourth-order valence-electron chi connectivity index (χ4n) is 4.15. The quantitative estimate of drug-likeness (QED) is 0.893. The van der Waals surface area contributed by atoms with Crippen molar-refractivity contribution in [1.29, 1.82) is 0 Å². The maximum atomic E-state index is 3.59. The van der Waals surface area contributed by atoms with Crippen molar-refractivity contribution in [3.63, 3.8) is 0 Å². The normalized spacial score (nSPS) is 32.4. The highest BCUT2D eigenvalue weighted by atomic mass is 15.2. The lowest BCUT2D eigenvalue weighted by molar-refractivity contribution is 0.114. The van der Waals surface area contributed by atoms with E-state index in [0.29, 0.717) is 6.04 Å². The van der Waals surface area contributed by atoms with Crippen molar-refractivity contribution >= 4 is 0 Å². The number of hydrogen-bond acceptors (Lipinski definition) is 2. The van der Waals surface area contributed by atoms with Crippen LogP contribution >= 0.6 is 0 Å². The summed E-state index contributed by atoms with van der Waals surface area (Å²) in [5, 5.41) is 3.59. The molecular formula is C17H26N2. The van der Waals surface area contributed by atoms with Crippen LogP contribution in [0.5, 0.6) is 0 Å². The molecule has 0 radical (unpaired) electrons. The SMILES string of the molecule is CNC(Cc1ccccc1)C1CC2CCC(C1)N2C. The standard InChI is InChI=1S/C17H26N2/c1-18-17(10-13-6-4-3-5-7-13)14-11-15-8-9-16(12-14)19(15)2/h3-7,14-18H,8-12H2,1-2H3. The van der Waals surface area contributed by atoms with Crippen LogP contribution in [0.3, 0.4) is 0 Å². The molecule has 2 heteroatoms. The molecular weight excluding hydrogens is 232 g/mol. The molecule has 0 saturated carbocycles. The van der Waals surface area contributed by atoms with Crippen LogP contribution in [0, 0.1) is 5.92 Å². The van der Waals surface area contributed by atoms with Crippen molar-refractivity contribution in [1.82, 2.24) is 10.2 Å². The summed E-state index contributed by atoms with van der Waals surface area (Å²) >= 11 is 0. The van der Waals surface area contributed by atoms with Crippen molar-refractivity contribution in [3.05, 3.63) is 35.9 Å². The Balaban J connectivity index is 1.66. The Kier molecular flexibility index (Phi) is 3.90. The van der Waals surface area contributed by atoms with Crippen LogP contribution in [0.25, 0.3) is 0 Å². The average molecular weight is 258 g/mol. The van der Waals surface area contributed by atoms with Crippen LogP contribution in [0.1, 0.15) is 31.2 Å². The van der Waals surface area contributed by atoms with Crippen molar-refractivity contribution in [2.45, 2.75) is 50.2 Å². The van der Waals surface area contributed by atoms with Gasteiger partial charge in [0.25, 0.3) is 0 Å². The topological polar surface area (TPSA) is 15.3 Å². The van der Waals surface area contributed by atoms with Gasteiger partial charge in [0.05, 0.1) is 0 Å². The van der Waals surface area contributed by atoms with E-state index < -0.39 is 0 Å². The zero-order valence-electron chi connectivity index (χ0n) is 12.2. The van der Waals surface area contributed by atoms with E-state index in [1.165, 1.54) is 37.7 Å². The number of nitrogens with one attached hydrogen (secondary N) is 1. The van der Waals surface area contributed by atoms with Gasteiger partial charge in [0.15, 0.2) is 0 Å². The van der Waals surface area contributed by atoms with Gasteiger partial charge in [-0.05, 0) is 57.7 Å². The van der Waals surface area contributed by atoms with E-state index in [-0.39, 0.29) is 0 Å². The first kappa shape index (κ1) is 13.1. The lowest BCUT2D eigenvalue weighted by Crippen LogP contribution is -2.47. The minimum Gasteiger partial charge on any atom is -0.316 e. The zero-order chi connectivity index (χ0) is 13.2. The van der Waals surface area contributed by atoms with Gasteiger partial charge in [0, 0.05) is 18.1 Å². The van der Waals surface area contributed by atoms with Gasteiger partial charge in [0.1, 0.15) is 0 Å². The van der Waals surface area contributed by atoms with Crippen LogP contribution in [0.15, 0.2) is 30.3 Å². The molecule has 0 aromatic heterocycles. The van der Waals surface area contributed by atoms with Gasteiger partial charge in [-0.2, -0.15) is 0 Å². The molecule has 0 aliphatic carbocycles. The molecule has 104 valence electrons. The van der Waals surface area contributed by atoms with Crippen molar-refractivity contribution < 1.29 is 0 Å². The van der Waals surface area contributed by atoms with Crippen LogP contribution < -0.4 is 5.32 Å². The highest BCUT2D eigenvalue weighted by molar-refractivity contribution is 5.16. The van der Waals surface area contributed by atoms with Crippen molar-refractivity contribution in [3.8, 4) is 0 Å². The molecule has 2 nitrogen and oxygen atoms in total. The smallest absolute Gasteiger partial charge is 0.0134 e. The van der Waals surface area contributed by atoms with Crippen molar-refractivity contribution in [2.24, 2.45) is 5.92 Å². The number of hydrogen-bond donors (Lipinski definition) is 1. The second-order valence-corrected chi connectivity index (χ2v) is 6.37. The number of piperidine rings is 1. The second kappa shape index (κ2) is 5.64. The van der Waals surface area contributed by atoms with Crippen LogP contribution in [0.2, 0.25) is 0 Å². The summed E-state index contributed by atoms with van der Waals surface area (Å²) in [5.41, 5.74) is 1.47. The van der Waals surface area contributed by atoms with Gasteiger partial charge in [-0.3, -0.25) is 0 Å².